The topological polar surface area (TPSA) is 57.7 Å². The van der Waals surface area contributed by atoms with E-state index in [-0.39, 0.29) is 43.5 Å². The van der Waals surface area contributed by atoms with E-state index in [1.807, 2.05) is 29.2 Å². The Morgan fingerprint density at radius 1 is 1.22 bits per heavy atom. The van der Waals surface area contributed by atoms with Crippen LogP contribution in [0, 0.1) is 0 Å². The van der Waals surface area contributed by atoms with E-state index in [1.165, 1.54) is 4.90 Å². The first kappa shape index (κ1) is 16.2. The molecule has 0 bridgehead atoms. The molecule has 2 aliphatic rings. The Morgan fingerprint density at radius 2 is 1.91 bits per heavy atom. The molecule has 6 heteroatoms. The number of imide groups is 1. The number of benzene rings is 1. The lowest BCUT2D eigenvalue weighted by molar-refractivity contribution is -0.139. The highest BCUT2D eigenvalue weighted by molar-refractivity contribution is 9.10. The quantitative estimate of drug-likeness (QED) is 0.714. The largest absolute Gasteiger partial charge is 0.335 e. The zero-order chi connectivity index (χ0) is 16.4. The summed E-state index contributed by atoms with van der Waals surface area (Å²) in [6.45, 7) is 0.781. The van der Waals surface area contributed by atoms with E-state index >= 15 is 0 Å². The van der Waals surface area contributed by atoms with Gasteiger partial charge in [-0.15, -0.1) is 0 Å². The number of amides is 3. The van der Waals surface area contributed by atoms with Crippen LogP contribution < -0.4 is 0 Å². The first-order valence-corrected chi connectivity index (χ1v) is 8.71. The predicted octanol–water partition coefficient (Wildman–Crippen LogP) is 2.48. The molecule has 0 atom stereocenters. The molecule has 1 saturated carbocycles. The minimum atomic E-state index is -0.159. The van der Waals surface area contributed by atoms with Crippen LogP contribution in [-0.4, -0.2) is 40.1 Å². The summed E-state index contributed by atoms with van der Waals surface area (Å²) in [6, 6.07) is 8.22. The molecule has 3 amide bonds. The SMILES string of the molecule is O=C1CCC(=O)N1CCC(=O)N(Cc1cccc(Br)c1)C1CC1. The Labute approximate surface area is 143 Å². The summed E-state index contributed by atoms with van der Waals surface area (Å²) in [4.78, 5) is 38.9. The second kappa shape index (κ2) is 6.83. The Kier molecular flexibility index (Phi) is 4.80. The molecule has 1 aliphatic heterocycles. The third-order valence-electron chi connectivity index (χ3n) is 4.25. The molecule has 0 radical (unpaired) electrons. The van der Waals surface area contributed by atoms with Crippen molar-refractivity contribution in [1.82, 2.24) is 9.80 Å². The van der Waals surface area contributed by atoms with Gasteiger partial charge in [0.15, 0.2) is 0 Å². The van der Waals surface area contributed by atoms with Crippen molar-refractivity contribution >= 4 is 33.7 Å². The Balaban J connectivity index is 1.61. The Morgan fingerprint density at radius 3 is 2.52 bits per heavy atom. The fourth-order valence-corrected chi connectivity index (χ4v) is 3.31. The average Bonchev–Trinajstić information content (AvgIpc) is 3.30. The second-order valence-corrected chi connectivity index (χ2v) is 6.99. The standard InChI is InChI=1S/C17H19BrN2O3/c18-13-3-1-2-12(10-13)11-20(14-4-5-14)17(23)8-9-19-15(21)6-7-16(19)22/h1-3,10,14H,4-9,11H2. The molecule has 1 aromatic carbocycles. The van der Waals surface area contributed by atoms with Gasteiger partial charge in [-0.05, 0) is 30.5 Å². The monoisotopic (exact) mass is 378 g/mol. The number of hydrogen-bond acceptors (Lipinski definition) is 3. The number of nitrogens with zero attached hydrogens (tertiary/aromatic N) is 2. The number of hydrogen-bond donors (Lipinski definition) is 0. The fourth-order valence-electron chi connectivity index (χ4n) is 2.86. The fraction of sp³-hybridized carbons (Fsp3) is 0.471. The van der Waals surface area contributed by atoms with E-state index in [0.29, 0.717) is 12.6 Å². The molecular formula is C17H19BrN2O3. The number of rotatable bonds is 6. The van der Waals surface area contributed by atoms with E-state index in [2.05, 4.69) is 15.9 Å². The first-order chi connectivity index (χ1) is 11.0. The van der Waals surface area contributed by atoms with Crippen molar-refractivity contribution in [2.75, 3.05) is 6.54 Å². The van der Waals surface area contributed by atoms with E-state index in [0.717, 1.165) is 22.9 Å². The molecule has 3 rings (SSSR count). The maximum Gasteiger partial charge on any atom is 0.229 e. The highest BCUT2D eigenvalue weighted by Gasteiger charge is 2.34. The van der Waals surface area contributed by atoms with Gasteiger partial charge in [0.05, 0.1) is 0 Å². The number of carbonyl (C=O) groups is 3. The van der Waals surface area contributed by atoms with Crippen molar-refractivity contribution in [3.05, 3.63) is 34.3 Å². The van der Waals surface area contributed by atoms with Gasteiger partial charge in [-0.25, -0.2) is 0 Å². The minimum absolute atomic E-state index is 0.0139. The van der Waals surface area contributed by atoms with Gasteiger partial charge in [0.25, 0.3) is 0 Å². The normalized spacial score (nSPS) is 17.7. The van der Waals surface area contributed by atoms with Gasteiger partial charge in [-0.3, -0.25) is 19.3 Å². The maximum atomic E-state index is 12.5. The van der Waals surface area contributed by atoms with Gasteiger partial charge >= 0.3 is 0 Å². The lowest BCUT2D eigenvalue weighted by atomic mass is 10.2. The maximum absolute atomic E-state index is 12.5. The molecule has 0 aromatic heterocycles. The van der Waals surface area contributed by atoms with Gasteiger partial charge in [0.2, 0.25) is 17.7 Å². The molecular weight excluding hydrogens is 360 g/mol. The smallest absolute Gasteiger partial charge is 0.229 e. The van der Waals surface area contributed by atoms with E-state index in [1.54, 1.807) is 0 Å². The van der Waals surface area contributed by atoms with Crippen molar-refractivity contribution in [3.63, 3.8) is 0 Å². The molecule has 2 fully saturated rings. The van der Waals surface area contributed by atoms with Crippen LogP contribution in [0.3, 0.4) is 0 Å². The molecule has 122 valence electrons. The van der Waals surface area contributed by atoms with E-state index in [4.69, 9.17) is 0 Å². The zero-order valence-electron chi connectivity index (χ0n) is 12.8. The number of halogens is 1. The van der Waals surface area contributed by atoms with Crippen LogP contribution in [-0.2, 0) is 20.9 Å². The molecule has 0 unspecified atom stereocenters. The highest BCUT2D eigenvalue weighted by Crippen LogP contribution is 2.29. The molecule has 1 heterocycles. The van der Waals surface area contributed by atoms with Gasteiger partial charge in [0.1, 0.15) is 0 Å². The summed E-state index contributed by atoms with van der Waals surface area (Å²) >= 11 is 3.45. The predicted molar refractivity (Wildman–Crippen MR) is 88.3 cm³/mol. The number of likely N-dealkylation sites (tertiary alicyclic amines) is 1. The lowest BCUT2D eigenvalue weighted by Crippen LogP contribution is -2.37. The summed E-state index contributed by atoms with van der Waals surface area (Å²) < 4.78 is 0.992. The van der Waals surface area contributed by atoms with E-state index in [9.17, 15) is 14.4 Å². The summed E-state index contributed by atoms with van der Waals surface area (Å²) in [7, 11) is 0. The van der Waals surface area contributed by atoms with Crippen molar-refractivity contribution in [1.29, 1.82) is 0 Å². The van der Waals surface area contributed by atoms with E-state index < -0.39 is 0 Å². The third kappa shape index (κ3) is 3.99. The zero-order valence-corrected chi connectivity index (χ0v) is 14.4. The second-order valence-electron chi connectivity index (χ2n) is 6.07. The van der Waals surface area contributed by atoms with Crippen molar-refractivity contribution in [2.45, 2.75) is 44.7 Å². The molecule has 0 spiro atoms. The van der Waals surface area contributed by atoms with Gasteiger partial charge in [-0.1, -0.05) is 28.1 Å². The molecule has 23 heavy (non-hydrogen) atoms. The van der Waals surface area contributed by atoms with Crippen LogP contribution >= 0.6 is 15.9 Å². The molecule has 0 N–H and O–H groups in total. The number of carbonyl (C=O) groups excluding carboxylic acids is 3. The minimum Gasteiger partial charge on any atom is -0.335 e. The van der Waals surface area contributed by atoms with Crippen LogP contribution in [0.4, 0.5) is 0 Å². The summed E-state index contributed by atoms with van der Waals surface area (Å²) in [5, 5.41) is 0. The van der Waals surface area contributed by atoms with Crippen LogP contribution in [0.25, 0.3) is 0 Å². The Hall–Kier alpha value is -1.69. The lowest BCUT2D eigenvalue weighted by Gasteiger charge is -2.24. The molecule has 1 saturated heterocycles. The first-order valence-electron chi connectivity index (χ1n) is 7.91. The molecule has 5 nitrogen and oxygen atoms in total. The van der Waals surface area contributed by atoms with Crippen LogP contribution in [0.2, 0.25) is 0 Å². The molecule has 1 aliphatic carbocycles. The van der Waals surface area contributed by atoms with Crippen molar-refractivity contribution < 1.29 is 14.4 Å². The summed E-state index contributed by atoms with van der Waals surface area (Å²) in [5.74, 6) is -0.305. The van der Waals surface area contributed by atoms with Crippen molar-refractivity contribution in [3.8, 4) is 0 Å². The summed E-state index contributed by atoms with van der Waals surface area (Å²) in [6.07, 6.45) is 2.82. The van der Waals surface area contributed by atoms with Gasteiger partial charge in [0, 0.05) is 42.9 Å². The van der Waals surface area contributed by atoms with Crippen LogP contribution in [0.5, 0.6) is 0 Å². The highest BCUT2D eigenvalue weighted by atomic mass is 79.9. The van der Waals surface area contributed by atoms with Gasteiger partial charge in [-0.2, -0.15) is 0 Å². The van der Waals surface area contributed by atoms with Gasteiger partial charge < -0.3 is 4.90 Å². The Bertz CT molecular complexity index is 626. The van der Waals surface area contributed by atoms with Crippen LogP contribution in [0.1, 0.15) is 37.7 Å². The van der Waals surface area contributed by atoms with Crippen molar-refractivity contribution in [2.24, 2.45) is 0 Å². The molecule has 1 aromatic rings. The average molecular weight is 379 g/mol. The summed E-state index contributed by atoms with van der Waals surface area (Å²) in [5.41, 5.74) is 1.08. The van der Waals surface area contributed by atoms with Crippen LogP contribution in [0.15, 0.2) is 28.7 Å². The third-order valence-corrected chi connectivity index (χ3v) is 4.75.